The fourth-order valence-corrected chi connectivity index (χ4v) is 0.915. The molecule has 2 heteroatoms. The molecule has 0 amide bonds. The summed E-state index contributed by atoms with van der Waals surface area (Å²) in [6.07, 6.45) is 3.51. The van der Waals surface area contributed by atoms with Gasteiger partial charge in [0.25, 0.3) is 0 Å². The molecule has 0 atom stereocenters. The molecule has 64 valence electrons. The molecule has 0 saturated heterocycles. The minimum Gasteiger partial charge on any atom is -0.277 e. The number of hydrogen-bond donors (Lipinski definition) is 0. The van der Waals surface area contributed by atoms with Crippen molar-refractivity contribution in [1.82, 2.24) is 0 Å². The smallest absolute Gasteiger partial charge is 0.138 e. The number of hydrogen-bond acceptors (Lipinski definition) is 2. The van der Waals surface area contributed by atoms with E-state index in [1.54, 1.807) is 13.1 Å². The van der Waals surface area contributed by atoms with Crippen molar-refractivity contribution in [3.63, 3.8) is 0 Å². The Morgan fingerprint density at radius 3 is 2.42 bits per heavy atom. The van der Waals surface area contributed by atoms with Crippen LogP contribution in [0.25, 0.3) is 0 Å². The maximum Gasteiger partial charge on any atom is 0.138 e. The van der Waals surface area contributed by atoms with Gasteiger partial charge in [-0.15, -0.1) is 0 Å². The summed E-state index contributed by atoms with van der Waals surface area (Å²) in [5, 5.41) is 8.72. The van der Waals surface area contributed by atoms with E-state index in [2.05, 4.69) is 17.6 Å². The second kappa shape index (κ2) is 5.31. The van der Waals surface area contributed by atoms with E-state index >= 15 is 0 Å². The molecule has 2 nitrogen and oxygen atoms in total. The van der Waals surface area contributed by atoms with E-state index in [0.717, 1.165) is 5.57 Å². The maximum atomic E-state index is 8.72. The molecule has 0 aromatic carbocycles. The molecule has 0 heterocycles. The topological polar surface area (TPSA) is 36.1 Å². The van der Waals surface area contributed by atoms with Crippen LogP contribution in [-0.2, 0) is 0 Å². The predicted octanol–water partition coefficient (Wildman–Crippen LogP) is 2.35. The highest BCUT2D eigenvalue weighted by Gasteiger charge is 2.08. The van der Waals surface area contributed by atoms with Gasteiger partial charge >= 0.3 is 0 Å². The summed E-state index contributed by atoms with van der Waals surface area (Å²) in [6, 6.07) is 2.05. The Morgan fingerprint density at radius 2 is 2.17 bits per heavy atom. The molecule has 0 N–H and O–H groups in total. The highest BCUT2D eigenvalue weighted by atomic mass is 14.7. The molecular formula is C10H14N2. The zero-order chi connectivity index (χ0) is 9.56. The summed E-state index contributed by atoms with van der Waals surface area (Å²) in [4.78, 5) is 3.89. The Balaban J connectivity index is 4.89. The Labute approximate surface area is 73.9 Å². The minimum absolute atomic E-state index is 0.307. The number of allylic oxidation sites excluding steroid dienone is 3. The molecule has 0 aromatic heterocycles. The van der Waals surface area contributed by atoms with Crippen LogP contribution in [0, 0.1) is 17.2 Å². The second-order valence-electron chi connectivity index (χ2n) is 2.70. The largest absolute Gasteiger partial charge is 0.277 e. The van der Waals surface area contributed by atoms with Crippen molar-refractivity contribution in [1.29, 1.82) is 5.26 Å². The molecule has 0 bridgehead atoms. The molecule has 0 rings (SSSR count). The molecular weight excluding hydrogens is 148 g/mol. The zero-order valence-electron chi connectivity index (χ0n) is 7.83. The van der Waals surface area contributed by atoms with E-state index in [0.29, 0.717) is 11.6 Å². The molecule has 0 aliphatic heterocycles. The van der Waals surface area contributed by atoms with E-state index in [1.165, 1.54) is 0 Å². The maximum absolute atomic E-state index is 8.72. The average Bonchev–Trinajstić information content (AvgIpc) is 2.05. The van der Waals surface area contributed by atoms with Crippen molar-refractivity contribution >= 4 is 5.71 Å². The Hall–Kier alpha value is -1.36. The number of aliphatic imine (C=N–C) groups is 1. The Kier molecular flexibility index (Phi) is 4.71. The van der Waals surface area contributed by atoms with Crippen molar-refractivity contribution in [2.24, 2.45) is 10.9 Å². The Bertz CT molecular complexity index is 252. The third kappa shape index (κ3) is 2.71. The fourth-order valence-electron chi connectivity index (χ4n) is 0.915. The number of nitrogens with zero attached hydrogens (tertiary/aromatic N) is 2. The van der Waals surface area contributed by atoms with Crippen molar-refractivity contribution in [2.75, 3.05) is 7.05 Å². The number of rotatable bonds is 3. The van der Waals surface area contributed by atoms with Crippen molar-refractivity contribution in [3.8, 4) is 6.07 Å². The minimum atomic E-state index is 0.307. The first-order valence-electron chi connectivity index (χ1n) is 3.87. The molecule has 0 aliphatic carbocycles. The zero-order valence-corrected chi connectivity index (χ0v) is 7.83. The van der Waals surface area contributed by atoms with Gasteiger partial charge in [0.2, 0.25) is 0 Å². The molecule has 0 saturated carbocycles. The van der Waals surface area contributed by atoms with Gasteiger partial charge in [-0.25, -0.2) is 0 Å². The SMILES string of the molecule is C=C/C=C(\C(C#N)=NC)C(C)C. The molecule has 12 heavy (non-hydrogen) atoms. The van der Waals surface area contributed by atoms with Crippen LogP contribution in [0.15, 0.2) is 29.3 Å². The van der Waals surface area contributed by atoms with E-state index in [-0.39, 0.29) is 0 Å². The van der Waals surface area contributed by atoms with Crippen LogP contribution in [0.4, 0.5) is 0 Å². The monoisotopic (exact) mass is 162 g/mol. The summed E-state index contributed by atoms with van der Waals surface area (Å²) in [5.41, 5.74) is 1.43. The Morgan fingerprint density at radius 1 is 1.58 bits per heavy atom. The van der Waals surface area contributed by atoms with Gasteiger partial charge in [0, 0.05) is 7.05 Å². The third-order valence-corrected chi connectivity index (χ3v) is 1.52. The molecule has 0 aliphatic rings. The van der Waals surface area contributed by atoms with Gasteiger partial charge in [-0.1, -0.05) is 32.6 Å². The fraction of sp³-hybridized carbons (Fsp3) is 0.400. The van der Waals surface area contributed by atoms with Crippen LogP contribution < -0.4 is 0 Å². The van der Waals surface area contributed by atoms with Gasteiger partial charge in [-0.3, -0.25) is 4.99 Å². The van der Waals surface area contributed by atoms with Gasteiger partial charge in [0.05, 0.1) is 0 Å². The van der Waals surface area contributed by atoms with Crippen molar-refractivity contribution in [3.05, 3.63) is 24.3 Å². The van der Waals surface area contributed by atoms with Crippen LogP contribution in [0.1, 0.15) is 13.8 Å². The second-order valence-corrected chi connectivity index (χ2v) is 2.70. The predicted molar refractivity (Wildman–Crippen MR) is 52.1 cm³/mol. The average molecular weight is 162 g/mol. The molecule has 0 unspecified atom stereocenters. The lowest BCUT2D eigenvalue weighted by Crippen LogP contribution is -2.05. The molecule has 0 fully saturated rings. The van der Waals surface area contributed by atoms with E-state index in [4.69, 9.17) is 5.26 Å². The van der Waals surface area contributed by atoms with Gasteiger partial charge in [-0.2, -0.15) is 5.26 Å². The van der Waals surface area contributed by atoms with Crippen LogP contribution in [-0.4, -0.2) is 12.8 Å². The highest BCUT2D eigenvalue weighted by Crippen LogP contribution is 2.11. The first kappa shape index (κ1) is 10.6. The summed E-state index contributed by atoms with van der Waals surface area (Å²) in [5.74, 6) is 0.307. The van der Waals surface area contributed by atoms with Crippen LogP contribution in [0.3, 0.4) is 0 Å². The summed E-state index contributed by atoms with van der Waals surface area (Å²) < 4.78 is 0. The van der Waals surface area contributed by atoms with Crippen LogP contribution in [0.5, 0.6) is 0 Å². The van der Waals surface area contributed by atoms with E-state index < -0.39 is 0 Å². The van der Waals surface area contributed by atoms with Gasteiger partial charge in [0.1, 0.15) is 11.8 Å². The molecule has 0 spiro atoms. The lowest BCUT2D eigenvalue weighted by Gasteiger charge is -2.06. The molecule has 0 radical (unpaired) electrons. The van der Waals surface area contributed by atoms with Gasteiger partial charge < -0.3 is 0 Å². The third-order valence-electron chi connectivity index (χ3n) is 1.52. The number of nitriles is 1. The summed E-state index contributed by atoms with van der Waals surface area (Å²) >= 11 is 0. The normalized spacial score (nSPS) is 12.9. The van der Waals surface area contributed by atoms with Crippen molar-refractivity contribution in [2.45, 2.75) is 13.8 Å². The first-order valence-corrected chi connectivity index (χ1v) is 3.87. The molecule has 0 aromatic rings. The van der Waals surface area contributed by atoms with Gasteiger partial charge in [-0.05, 0) is 11.5 Å². The van der Waals surface area contributed by atoms with Crippen LogP contribution >= 0.6 is 0 Å². The lowest BCUT2D eigenvalue weighted by molar-refractivity contribution is 0.803. The highest BCUT2D eigenvalue weighted by molar-refractivity contribution is 6.11. The van der Waals surface area contributed by atoms with E-state index in [1.807, 2.05) is 19.9 Å². The quantitative estimate of drug-likeness (QED) is 0.463. The first-order chi connectivity index (χ1) is 5.67. The van der Waals surface area contributed by atoms with Crippen LogP contribution in [0.2, 0.25) is 0 Å². The van der Waals surface area contributed by atoms with Crippen molar-refractivity contribution < 1.29 is 0 Å². The lowest BCUT2D eigenvalue weighted by atomic mass is 9.98. The summed E-state index contributed by atoms with van der Waals surface area (Å²) in [6.45, 7) is 7.64. The summed E-state index contributed by atoms with van der Waals surface area (Å²) in [7, 11) is 1.62. The standard InChI is InChI=1S/C10H14N2/c1-5-6-9(8(2)3)10(7-11)12-4/h5-6,8H,1H2,2-4H3/b9-6-,12-10?. The van der Waals surface area contributed by atoms with E-state index in [9.17, 15) is 0 Å². The van der Waals surface area contributed by atoms with Gasteiger partial charge in [0.15, 0.2) is 0 Å².